The molecule has 12 N–H and O–H groups in total. The van der Waals surface area contributed by atoms with Crippen LogP contribution in [-0.2, 0) is 41.8 Å². The highest BCUT2D eigenvalue weighted by molar-refractivity contribution is 5.97. The number of rotatable bonds is 27. The minimum Gasteiger partial charge on any atom is -0.481 e. The highest BCUT2D eigenvalue weighted by Gasteiger charge is 2.31. The molecule has 5 amide bonds. The van der Waals surface area contributed by atoms with E-state index >= 15 is 0 Å². The van der Waals surface area contributed by atoms with Gasteiger partial charge in [-0.25, -0.2) is 18.8 Å². The van der Waals surface area contributed by atoms with Gasteiger partial charge in [0.15, 0.2) is 12.8 Å². The van der Waals surface area contributed by atoms with E-state index in [0.717, 1.165) is 16.3 Å². The number of carbonyl (C=O) groups is 7. The third kappa shape index (κ3) is 17.6. The molecule has 3 aromatic carbocycles. The van der Waals surface area contributed by atoms with Gasteiger partial charge >= 0.3 is 23.9 Å². The number of unbranched alkanes of at least 4 members (excludes halogenated alkanes) is 1. The summed E-state index contributed by atoms with van der Waals surface area (Å²) in [7, 11) is 0. The summed E-state index contributed by atoms with van der Waals surface area (Å²) in [5.74, 6) is -5.95. The molecule has 63 heavy (non-hydrogen) atoms. The maximum absolute atomic E-state index is 14.0. The van der Waals surface area contributed by atoms with Crippen molar-refractivity contribution in [2.24, 2.45) is 5.16 Å². The number of aliphatic carboxylic acids is 3. The normalized spacial score (nSPS) is 14.6. The molecule has 0 radical (unpaired) electrons. The highest BCUT2D eigenvalue weighted by Crippen LogP contribution is 2.17. The SMILES string of the molecule is O=C(O)CCC(NC(=O)NC(CCCCNC(=O)C(Cc1ccc2ccccc2c1)NC(=O)c1ccc(CNC(=O)CO/N=C\C([18F])C(O)C(O)C(O)CO)cc1)C(=O)O)C(=O)O. The average molecular weight is 886 g/mol. The van der Waals surface area contributed by atoms with Crippen molar-refractivity contribution >= 4 is 58.6 Å². The summed E-state index contributed by atoms with van der Waals surface area (Å²) in [6.07, 6.45) is -8.20. The van der Waals surface area contributed by atoms with Crippen LogP contribution in [-0.4, -0.2) is 146 Å². The number of alkyl halides is 1. The molecule has 0 saturated heterocycles. The van der Waals surface area contributed by atoms with Gasteiger partial charge in [0.1, 0.15) is 36.4 Å². The van der Waals surface area contributed by atoms with E-state index in [-0.39, 0.29) is 44.3 Å². The van der Waals surface area contributed by atoms with Crippen LogP contribution >= 0.6 is 0 Å². The first-order chi connectivity index (χ1) is 30.0. The van der Waals surface area contributed by atoms with E-state index < -0.39 is 110 Å². The Kier molecular flexibility index (Phi) is 20.8. The number of benzene rings is 3. The smallest absolute Gasteiger partial charge is 0.326 e. The molecule has 3 rings (SSSR count). The molecule has 0 aliphatic heterocycles. The average Bonchev–Trinajstić information content (AvgIpc) is 3.26. The Hall–Kier alpha value is -6.75. The summed E-state index contributed by atoms with van der Waals surface area (Å²) in [6, 6.07) is 14.1. The van der Waals surface area contributed by atoms with Crippen LogP contribution in [0.2, 0.25) is 0 Å². The number of aliphatic hydroxyl groups is 4. The minimum absolute atomic E-state index is 0.00719. The maximum atomic E-state index is 14.0. The number of halogens is 1. The molecular weight excluding hydrogens is 834 g/mol. The van der Waals surface area contributed by atoms with Crippen LogP contribution in [0.15, 0.2) is 71.9 Å². The minimum atomic E-state index is -2.28. The van der Waals surface area contributed by atoms with E-state index in [1.165, 1.54) is 12.1 Å². The Morgan fingerprint density at radius 1 is 0.730 bits per heavy atom. The van der Waals surface area contributed by atoms with Crippen LogP contribution in [0.25, 0.3) is 10.8 Å². The summed E-state index contributed by atoms with van der Waals surface area (Å²) < 4.78 is 14.0. The first-order valence-corrected chi connectivity index (χ1v) is 19.6. The van der Waals surface area contributed by atoms with Gasteiger partial charge < -0.3 is 67.2 Å². The first-order valence-electron chi connectivity index (χ1n) is 19.6. The number of hydrogen-bond donors (Lipinski definition) is 12. The van der Waals surface area contributed by atoms with Crippen molar-refractivity contribution in [2.45, 2.75) is 87.7 Å². The molecule has 21 nitrogen and oxygen atoms in total. The van der Waals surface area contributed by atoms with Gasteiger partial charge in [0.25, 0.3) is 11.8 Å². The number of nitrogens with zero attached hydrogens (tertiary/aromatic N) is 1. The molecule has 7 unspecified atom stereocenters. The molecule has 0 saturated carbocycles. The van der Waals surface area contributed by atoms with E-state index in [1.54, 1.807) is 12.1 Å². The number of carboxylic acids is 3. The molecule has 22 heteroatoms. The molecule has 3 aromatic rings. The number of urea groups is 1. The molecule has 0 aliphatic carbocycles. The van der Waals surface area contributed by atoms with Crippen LogP contribution in [0.4, 0.5) is 9.18 Å². The second kappa shape index (κ2) is 25.9. The highest BCUT2D eigenvalue weighted by atomic mass is 18.2. The second-order valence-corrected chi connectivity index (χ2v) is 14.2. The van der Waals surface area contributed by atoms with Gasteiger partial charge in [-0.15, -0.1) is 0 Å². The lowest BCUT2D eigenvalue weighted by molar-refractivity contribution is -0.141. The molecule has 0 fully saturated rings. The number of carboxylic acid groups (broad SMARTS) is 3. The zero-order chi connectivity index (χ0) is 46.5. The van der Waals surface area contributed by atoms with Gasteiger partial charge in [-0.1, -0.05) is 59.8 Å². The number of oxime groups is 1. The Morgan fingerprint density at radius 2 is 1.37 bits per heavy atom. The topological polar surface area (TPSA) is 343 Å². The van der Waals surface area contributed by atoms with Crippen molar-refractivity contribution in [3.63, 3.8) is 0 Å². The van der Waals surface area contributed by atoms with Gasteiger partial charge in [0.05, 0.1) is 12.8 Å². The van der Waals surface area contributed by atoms with Crippen LogP contribution in [0, 0.1) is 0 Å². The summed E-state index contributed by atoms with van der Waals surface area (Å²) in [6.45, 7) is -1.50. The standard InChI is InChI=1S/C41H51FN6O15/c42-28(35(54)36(55)32(50)21-49)20-45-63-22-33(51)44-19-23-8-12-26(13-9-23)37(56)46-31(18-24-10-11-25-5-1-2-6-27(25)17-24)38(57)43-16-4-3-7-29(39(58)59)47-41(62)48-30(40(60)61)14-15-34(52)53/h1-2,5-6,8-13,17,20,28-32,35-36,49-50,54-55H,3-4,7,14-16,18-19,21-22H2,(H,43,57)(H,44,51)(H,46,56)(H,52,53)(H,58,59)(H,60,61)(H2,47,48,62)/b45-20-/i42-1. The predicted octanol–water partition coefficient (Wildman–Crippen LogP) is -0.430. The van der Waals surface area contributed by atoms with Gasteiger partial charge in [0, 0.05) is 31.5 Å². The van der Waals surface area contributed by atoms with Crippen molar-refractivity contribution in [1.82, 2.24) is 26.6 Å². The van der Waals surface area contributed by atoms with E-state index in [9.17, 15) is 63.5 Å². The molecule has 0 bridgehead atoms. The first kappa shape index (κ1) is 50.6. The van der Waals surface area contributed by atoms with E-state index in [1.807, 2.05) is 42.5 Å². The van der Waals surface area contributed by atoms with Crippen LogP contribution < -0.4 is 26.6 Å². The lowest BCUT2D eigenvalue weighted by atomic mass is 10.0. The Labute approximate surface area is 359 Å². The number of carbonyl (C=O) groups excluding carboxylic acids is 4. The molecule has 0 spiro atoms. The zero-order valence-electron chi connectivity index (χ0n) is 33.8. The third-order valence-electron chi connectivity index (χ3n) is 9.38. The van der Waals surface area contributed by atoms with Crippen LogP contribution in [0.3, 0.4) is 0 Å². The number of aliphatic hydroxyl groups excluding tert-OH is 4. The summed E-state index contributed by atoms with van der Waals surface area (Å²) in [4.78, 5) is 90.1. The monoisotopic (exact) mass is 885 g/mol. The quantitative estimate of drug-likeness (QED) is 0.0263. The summed E-state index contributed by atoms with van der Waals surface area (Å²) >= 11 is 0. The van der Waals surface area contributed by atoms with E-state index in [4.69, 9.17) is 15.1 Å². The Bertz CT molecular complexity index is 2060. The Morgan fingerprint density at radius 3 is 2.00 bits per heavy atom. The third-order valence-corrected chi connectivity index (χ3v) is 9.38. The number of amides is 5. The van der Waals surface area contributed by atoms with Crippen molar-refractivity contribution in [1.29, 1.82) is 0 Å². The van der Waals surface area contributed by atoms with E-state index in [0.29, 0.717) is 11.8 Å². The largest absolute Gasteiger partial charge is 0.481 e. The van der Waals surface area contributed by atoms with Gasteiger partial charge in [-0.3, -0.25) is 19.2 Å². The molecule has 0 heterocycles. The van der Waals surface area contributed by atoms with Crippen LogP contribution in [0.5, 0.6) is 0 Å². The fourth-order valence-electron chi connectivity index (χ4n) is 5.84. The summed E-state index contributed by atoms with van der Waals surface area (Å²) in [5, 5.41) is 82.3. The van der Waals surface area contributed by atoms with Crippen LogP contribution in [0.1, 0.15) is 53.6 Å². The van der Waals surface area contributed by atoms with Crippen molar-refractivity contribution < 1.29 is 78.5 Å². The van der Waals surface area contributed by atoms with Crippen molar-refractivity contribution in [3.8, 4) is 0 Å². The lowest BCUT2D eigenvalue weighted by Gasteiger charge is -2.22. The second-order valence-electron chi connectivity index (χ2n) is 14.2. The lowest BCUT2D eigenvalue weighted by Crippen LogP contribution is -2.51. The number of nitrogens with one attached hydrogen (secondary N) is 5. The summed E-state index contributed by atoms with van der Waals surface area (Å²) in [5.41, 5.74) is 1.50. The Balaban J connectivity index is 1.55. The molecular formula is C41H51FN6O15. The molecule has 342 valence electrons. The predicted molar refractivity (Wildman–Crippen MR) is 220 cm³/mol. The van der Waals surface area contributed by atoms with Gasteiger partial charge in [-0.2, -0.15) is 0 Å². The number of fused-ring (bicyclic) bond motifs is 1. The number of hydrogen-bond acceptors (Lipinski definition) is 13. The van der Waals surface area contributed by atoms with Crippen molar-refractivity contribution in [2.75, 3.05) is 19.8 Å². The molecule has 0 aliphatic rings. The van der Waals surface area contributed by atoms with Crippen molar-refractivity contribution in [3.05, 3.63) is 83.4 Å². The fraction of sp³-hybridized carbons (Fsp3) is 0.415. The molecule has 7 atom stereocenters. The van der Waals surface area contributed by atoms with E-state index in [2.05, 4.69) is 31.7 Å². The van der Waals surface area contributed by atoms with Gasteiger partial charge in [-0.05, 0) is 59.7 Å². The van der Waals surface area contributed by atoms with Gasteiger partial charge in [0.2, 0.25) is 5.91 Å². The maximum Gasteiger partial charge on any atom is 0.326 e. The fourth-order valence-corrected chi connectivity index (χ4v) is 5.84. The zero-order valence-corrected chi connectivity index (χ0v) is 33.8. The molecule has 0 aromatic heterocycles.